The van der Waals surface area contributed by atoms with E-state index in [1.807, 2.05) is 69.3 Å². The Hall–Kier alpha value is -2.45. The van der Waals surface area contributed by atoms with Crippen LogP contribution in [0.4, 0.5) is 0 Å². The van der Waals surface area contributed by atoms with E-state index in [4.69, 9.17) is 9.47 Å². The maximum Gasteiger partial charge on any atom is 0.232 e. The summed E-state index contributed by atoms with van der Waals surface area (Å²) in [6, 6.07) is 15.5. The van der Waals surface area contributed by atoms with Crippen LogP contribution in [0.2, 0.25) is 0 Å². The molecule has 0 radical (unpaired) electrons. The first-order valence-electron chi connectivity index (χ1n) is 12.2. The number of amides is 1. The Kier molecular flexibility index (Phi) is 7.88. The zero-order chi connectivity index (χ0) is 24.1. The molecule has 34 heavy (non-hydrogen) atoms. The molecule has 0 saturated carbocycles. The molecule has 2 aromatic carbocycles. The molecular weight excluding hydrogens is 430 g/mol. The minimum absolute atomic E-state index is 0.00352. The summed E-state index contributed by atoms with van der Waals surface area (Å²) in [5.41, 5.74) is 1.57. The van der Waals surface area contributed by atoms with Gasteiger partial charge in [-0.05, 0) is 32.9 Å². The molecule has 1 saturated heterocycles. The topological polar surface area (TPSA) is 74.3 Å². The van der Waals surface area contributed by atoms with Gasteiger partial charge in [-0.25, -0.2) is 0 Å². The Bertz CT molecular complexity index is 921. The van der Waals surface area contributed by atoms with E-state index in [9.17, 15) is 9.90 Å². The Morgan fingerprint density at radius 1 is 1.03 bits per heavy atom. The lowest BCUT2D eigenvalue weighted by molar-refractivity contribution is -0.121. The number of piperazine rings is 1. The van der Waals surface area contributed by atoms with Crippen LogP contribution in [0.25, 0.3) is 0 Å². The average molecular weight is 468 g/mol. The van der Waals surface area contributed by atoms with Gasteiger partial charge in [-0.3, -0.25) is 14.6 Å². The Balaban J connectivity index is 1.24. The lowest BCUT2D eigenvalue weighted by atomic mass is 9.87. The third-order valence-corrected chi connectivity index (χ3v) is 6.31. The minimum atomic E-state index is -0.477. The zero-order valence-corrected chi connectivity index (χ0v) is 20.5. The van der Waals surface area contributed by atoms with Crippen molar-refractivity contribution in [1.29, 1.82) is 0 Å². The molecule has 4 rings (SSSR count). The quantitative estimate of drug-likeness (QED) is 0.622. The first-order valence-corrected chi connectivity index (χ1v) is 12.2. The van der Waals surface area contributed by atoms with E-state index in [-0.39, 0.29) is 17.4 Å². The van der Waals surface area contributed by atoms with Gasteiger partial charge in [0.1, 0.15) is 11.5 Å². The summed E-state index contributed by atoms with van der Waals surface area (Å²) in [7, 11) is 0. The molecule has 2 aliphatic heterocycles. The number of carbonyl (C=O) groups is 1. The highest BCUT2D eigenvalue weighted by Gasteiger charge is 2.32. The average Bonchev–Trinajstić information content (AvgIpc) is 2.82. The fraction of sp³-hybridized carbons (Fsp3) is 0.519. The number of ether oxygens (including phenoxy) is 2. The lowest BCUT2D eigenvalue weighted by Crippen LogP contribution is -2.50. The van der Waals surface area contributed by atoms with Gasteiger partial charge in [0.25, 0.3) is 0 Å². The molecule has 2 heterocycles. The molecule has 1 fully saturated rings. The van der Waals surface area contributed by atoms with Crippen molar-refractivity contribution in [1.82, 2.24) is 15.1 Å². The molecule has 1 atom stereocenters. The van der Waals surface area contributed by atoms with Gasteiger partial charge in [-0.2, -0.15) is 0 Å². The van der Waals surface area contributed by atoms with E-state index in [0.717, 1.165) is 55.3 Å². The zero-order valence-electron chi connectivity index (χ0n) is 20.5. The van der Waals surface area contributed by atoms with Gasteiger partial charge in [-0.1, -0.05) is 36.4 Å². The number of rotatable bonds is 8. The van der Waals surface area contributed by atoms with Crippen LogP contribution in [0.1, 0.15) is 37.8 Å². The van der Waals surface area contributed by atoms with E-state index < -0.39 is 6.10 Å². The van der Waals surface area contributed by atoms with Gasteiger partial charge in [0, 0.05) is 56.9 Å². The molecule has 0 bridgehead atoms. The molecule has 1 amide bonds. The first-order chi connectivity index (χ1) is 16.3. The first kappa shape index (κ1) is 24.7. The molecule has 2 N–H and O–H groups in total. The third-order valence-electron chi connectivity index (χ3n) is 6.31. The fourth-order valence-corrected chi connectivity index (χ4v) is 4.52. The van der Waals surface area contributed by atoms with Crippen LogP contribution in [0.5, 0.6) is 11.5 Å². The second-order valence-corrected chi connectivity index (χ2v) is 10.1. The number of hydrogen-bond donors (Lipinski definition) is 2. The summed E-state index contributed by atoms with van der Waals surface area (Å²) in [6.07, 6.45) is -0.477. The number of aliphatic hydroxyl groups is 1. The van der Waals surface area contributed by atoms with Crippen molar-refractivity contribution in [3.05, 3.63) is 59.7 Å². The van der Waals surface area contributed by atoms with Crippen molar-refractivity contribution >= 4 is 5.91 Å². The molecule has 0 spiro atoms. The number of para-hydroxylation sites is 2. The number of nitrogens with zero attached hydrogens (tertiary/aromatic N) is 2. The van der Waals surface area contributed by atoms with Crippen LogP contribution in [0, 0.1) is 0 Å². The summed E-state index contributed by atoms with van der Waals surface area (Å²) in [5, 5.41) is 13.4. The number of fused-ring (bicyclic) bond motifs is 2. The summed E-state index contributed by atoms with van der Waals surface area (Å²) >= 11 is 0. The van der Waals surface area contributed by atoms with E-state index in [0.29, 0.717) is 19.7 Å². The summed E-state index contributed by atoms with van der Waals surface area (Å²) in [6.45, 7) is 12.0. The van der Waals surface area contributed by atoms with Crippen molar-refractivity contribution in [2.45, 2.75) is 38.4 Å². The second kappa shape index (κ2) is 10.9. The Morgan fingerprint density at radius 2 is 1.59 bits per heavy atom. The van der Waals surface area contributed by atoms with E-state index in [1.54, 1.807) is 0 Å². The number of benzene rings is 2. The van der Waals surface area contributed by atoms with Gasteiger partial charge in [0.15, 0.2) is 0 Å². The number of hydrogen-bond acceptors (Lipinski definition) is 6. The summed E-state index contributed by atoms with van der Waals surface area (Å²) in [5.74, 6) is 1.12. The van der Waals surface area contributed by atoms with Crippen LogP contribution >= 0.6 is 0 Å². The molecule has 0 aromatic heterocycles. The summed E-state index contributed by atoms with van der Waals surface area (Å²) in [4.78, 5) is 17.9. The van der Waals surface area contributed by atoms with Gasteiger partial charge < -0.3 is 19.9 Å². The third kappa shape index (κ3) is 6.36. The molecular formula is C27H37N3O4. The fourth-order valence-electron chi connectivity index (χ4n) is 4.52. The van der Waals surface area contributed by atoms with Crippen molar-refractivity contribution in [2.75, 3.05) is 52.4 Å². The lowest BCUT2D eigenvalue weighted by Gasteiger charge is -2.36. The van der Waals surface area contributed by atoms with E-state index >= 15 is 0 Å². The van der Waals surface area contributed by atoms with Crippen LogP contribution in [-0.2, 0) is 9.53 Å². The summed E-state index contributed by atoms with van der Waals surface area (Å²) < 4.78 is 11.7. The maximum absolute atomic E-state index is 13.2. The Labute approximate surface area is 202 Å². The highest BCUT2D eigenvalue weighted by atomic mass is 16.5. The Morgan fingerprint density at radius 3 is 2.18 bits per heavy atom. The SMILES string of the molecule is CC(C)(C)OCC(O)CN1CCN(CCNC(=O)C2c3ccccc3Oc3ccccc32)CC1. The van der Waals surface area contributed by atoms with Crippen LogP contribution < -0.4 is 10.1 Å². The molecule has 2 aliphatic rings. The number of aliphatic hydroxyl groups excluding tert-OH is 1. The van der Waals surface area contributed by atoms with Gasteiger partial charge in [0.2, 0.25) is 5.91 Å². The largest absolute Gasteiger partial charge is 0.457 e. The highest BCUT2D eigenvalue weighted by Crippen LogP contribution is 2.43. The van der Waals surface area contributed by atoms with Crippen molar-refractivity contribution in [3.8, 4) is 11.5 Å². The second-order valence-electron chi connectivity index (χ2n) is 10.1. The van der Waals surface area contributed by atoms with Crippen molar-refractivity contribution in [3.63, 3.8) is 0 Å². The minimum Gasteiger partial charge on any atom is -0.457 e. The number of carbonyl (C=O) groups excluding carboxylic acids is 1. The standard InChI is InChI=1S/C27H37N3O4/c1-27(2,3)33-19-20(31)18-30-16-14-29(15-17-30)13-12-28-26(32)25-21-8-4-6-10-23(21)34-24-11-7-5-9-22(24)25/h4-11,20,25,31H,12-19H2,1-3H3,(H,28,32). The molecule has 7 heteroatoms. The molecule has 1 unspecified atom stereocenters. The van der Waals surface area contributed by atoms with Crippen LogP contribution in [0.3, 0.4) is 0 Å². The van der Waals surface area contributed by atoms with Crippen LogP contribution in [0.15, 0.2) is 48.5 Å². The molecule has 2 aromatic rings. The van der Waals surface area contributed by atoms with Gasteiger partial charge in [0.05, 0.1) is 24.2 Å². The highest BCUT2D eigenvalue weighted by molar-refractivity contribution is 5.89. The van der Waals surface area contributed by atoms with Crippen LogP contribution in [-0.4, -0.2) is 84.9 Å². The van der Waals surface area contributed by atoms with Gasteiger partial charge >= 0.3 is 0 Å². The van der Waals surface area contributed by atoms with E-state index in [1.165, 1.54) is 0 Å². The molecule has 184 valence electrons. The van der Waals surface area contributed by atoms with Crippen molar-refractivity contribution in [2.24, 2.45) is 0 Å². The normalized spacial score (nSPS) is 18.0. The monoisotopic (exact) mass is 467 g/mol. The molecule has 7 nitrogen and oxygen atoms in total. The number of nitrogens with one attached hydrogen (secondary N) is 1. The maximum atomic E-state index is 13.2. The number of β-amino-alcohol motifs (C(OH)–C–C–N with tert-alkyl or cyclic N) is 1. The van der Waals surface area contributed by atoms with E-state index in [2.05, 4.69) is 15.1 Å². The molecule has 0 aliphatic carbocycles. The smallest absolute Gasteiger partial charge is 0.232 e. The van der Waals surface area contributed by atoms with Gasteiger partial charge in [-0.15, -0.1) is 0 Å². The predicted molar refractivity (Wildman–Crippen MR) is 132 cm³/mol. The van der Waals surface area contributed by atoms with Crippen molar-refractivity contribution < 1.29 is 19.4 Å². The predicted octanol–water partition coefficient (Wildman–Crippen LogP) is 2.83.